The highest BCUT2D eigenvalue weighted by Gasteiger charge is 2.56. The van der Waals surface area contributed by atoms with E-state index in [1.165, 1.54) is 37.4 Å². The molecule has 0 saturated carbocycles. The molecule has 0 bridgehead atoms. The van der Waals surface area contributed by atoms with Crippen LogP contribution in [0.1, 0.15) is 37.4 Å². The van der Waals surface area contributed by atoms with Crippen molar-refractivity contribution in [3.8, 4) is 5.75 Å². The average molecular weight is 603 g/mol. The number of nitrogens with one attached hydrogen (secondary N) is 2. The van der Waals surface area contributed by atoms with E-state index in [0.29, 0.717) is 11.1 Å². The molecule has 0 aliphatic rings. The van der Waals surface area contributed by atoms with Gasteiger partial charge in [0.05, 0.1) is 34.1 Å². The quantitative estimate of drug-likeness (QED) is 0.203. The number of carbonyl (C=O) groups is 2. The zero-order valence-electron chi connectivity index (χ0n) is 21.6. The lowest BCUT2D eigenvalue weighted by Crippen LogP contribution is -2.43. The van der Waals surface area contributed by atoms with Crippen LogP contribution in [-0.2, 0) is 5.60 Å². The Morgan fingerprint density at radius 3 is 1.98 bits per heavy atom. The number of aliphatic hydroxyl groups is 1. The Bertz CT molecular complexity index is 1570. The summed E-state index contributed by atoms with van der Waals surface area (Å²) >= 11 is 12.6. The van der Waals surface area contributed by atoms with Crippen molar-refractivity contribution >= 4 is 46.4 Å². The molecule has 1 atom stereocenters. The van der Waals surface area contributed by atoms with Gasteiger partial charge in [-0.3, -0.25) is 9.59 Å². The molecule has 0 fully saturated rings. The van der Waals surface area contributed by atoms with Gasteiger partial charge < -0.3 is 20.5 Å². The molecule has 11 heteroatoms. The van der Waals surface area contributed by atoms with Crippen molar-refractivity contribution in [2.45, 2.75) is 18.7 Å². The maximum absolute atomic E-state index is 14.2. The number of carbonyl (C=O) groups excluding carboxylic acids is 2. The van der Waals surface area contributed by atoms with E-state index in [2.05, 4.69) is 10.6 Å². The standard InChI is InChI=1S/C30H23Cl2F3N2O4/c1-17-11-13-19(14-12-17)29(40,30(33,34)35)20-15-22(31)25(23(32)16-20)37-28(39)21-9-6-10-24(26(21)41-2)36-27(38)18-7-4-3-5-8-18/h3-16,40H,1-2H3,(H,36,38)(H,37,39). The van der Waals surface area contributed by atoms with Gasteiger partial charge in [0.1, 0.15) is 0 Å². The van der Waals surface area contributed by atoms with Crippen LogP contribution in [0.15, 0.2) is 84.9 Å². The van der Waals surface area contributed by atoms with Crippen LogP contribution < -0.4 is 15.4 Å². The summed E-state index contributed by atoms with van der Waals surface area (Å²) in [6.07, 6.45) is -5.13. The summed E-state index contributed by atoms with van der Waals surface area (Å²) < 4.78 is 48.1. The molecule has 0 heterocycles. The fourth-order valence-corrected chi connectivity index (χ4v) is 4.77. The maximum Gasteiger partial charge on any atom is 0.425 e. The molecule has 4 aromatic rings. The average Bonchev–Trinajstić information content (AvgIpc) is 2.94. The molecule has 0 spiro atoms. The first kappa shape index (κ1) is 29.9. The predicted molar refractivity (Wildman–Crippen MR) is 152 cm³/mol. The van der Waals surface area contributed by atoms with Crippen LogP contribution in [0.4, 0.5) is 24.5 Å². The topological polar surface area (TPSA) is 87.7 Å². The second-order valence-electron chi connectivity index (χ2n) is 9.05. The maximum atomic E-state index is 14.2. The normalized spacial score (nSPS) is 12.8. The molecule has 41 heavy (non-hydrogen) atoms. The lowest BCUT2D eigenvalue weighted by Gasteiger charge is -2.32. The Kier molecular flexibility index (Phi) is 8.63. The van der Waals surface area contributed by atoms with E-state index in [1.54, 1.807) is 37.3 Å². The van der Waals surface area contributed by atoms with Gasteiger partial charge in [-0.25, -0.2) is 0 Å². The van der Waals surface area contributed by atoms with Crippen molar-refractivity contribution < 1.29 is 32.6 Å². The number of amides is 2. The van der Waals surface area contributed by atoms with Crippen LogP contribution in [0.3, 0.4) is 0 Å². The van der Waals surface area contributed by atoms with E-state index >= 15 is 0 Å². The third-order valence-electron chi connectivity index (χ3n) is 6.33. The van der Waals surface area contributed by atoms with Gasteiger partial charge in [-0.1, -0.05) is 77.3 Å². The number of rotatable bonds is 7. The third-order valence-corrected chi connectivity index (χ3v) is 6.92. The molecule has 6 nitrogen and oxygen atoms in total. The number of ether oxygens (including phenoxy) is 1. The molecule has 3 N–H and O–H groups in total. The van der Waals surface area contributed by atoms with Crippen molar-refractivity contribution in [2.24, 2.45) is 0 Å². The molecule has 212 valence electrons. The second kappa shape index (κ2) is 11.8. The highest BCUT2D eigenvalue weighted by molar-refractivity contribution is 6.40. The van der Waals surface area contributed by atoms with Crippen molar-refractivity contribution in [3.63, 3.8) is 0 Å². The van der Waals surface area contributed by atoms with Crippen LogP contribution >= 0.6 is 23.2 Å². The van der Waals surface area contributed by atoms with E-state index in [-0.39, 0.29) is 32.7 Å². The number of halogens is 5. The summed E-state index contributed by atoms with van der Waals surface area (Å²) in [6.45, 7) is 1.70. The number of benzene rings is 4. The zero-order chi connectivity index (χ0) is 29.9. The smallest absolute Gasteiger partial charge is 0.425 e. The summed E-state index contributed by atoms with van der Waals surface area (Å²) in [6, 6.07) is 19.8. The Hall–Kier alpha value is -4.05. The van der Waals surface area contributed by atoms with Crippen molar-refractivity contribution in [1.82, 2.24) is 0 Å². The van der Waals surface area contributed by atoms with Gasteiger partial charge in [0.15, 0.2) is 5.75 Å². The molecule has 0 aliphatic heterocycles. The Morgan fingerprint density at radius 2 is 1.41 bits per heavy atom. The molecular formula is C30H23Cl2F3N2O4. The van der Waals surface area contributed by atoms with Gasteiger partial charge in [0.25, 0.3) is 11.8 Å². The molecule has 4 rings (SSSR count). The minimum Gasteiger partial charge on any atom is -0.494 e. The molecular weight excluding hydrogens is 580 g/mol. The largest absolute Gasteiger partial charge is 0.494 e. The van der Waals surface area contributed by atoms with Crippen LogP contribution in [-0.4, -0.2) is 30.2 Å². The summed E-state index contributed by atoms with van der Waals surface area (Å²) in [7, 11) is 1.31. The number of hydrogen-bond acceptors (Lipinski definition) is 4. The van der Waals surface area contributed by atoms with Gasteiger partial charge in [-0.15, -0.1) is 0 Å². The first-order chi connectivity index (χ1) is 19.4. The van der Waals surface area contributed by atoms with Gasteiger partial charge in [0.2, 0.25) is 5.60 Å². The highest BCUT2D eigenvalue weighted by atomic mass is 35.5. The minimum atomic E-state index is -5.13. The van der Waals surface area contributed by atoms with E-state index in [4.69, 9.17) is 27.9 Å². The third kappa shape index (κ3) is 6.02. The lowest BCUT2D eigenvalue weighted by atomic mass is 9.85. The Morgan fingerprint density at radius 1 is 0.805 bits per heavy atom. The van der Waals surface area contributed by atoms with Gasteiger partial charge in [-0.05, 0) is 48.9 Å². The van der Waals surface area contributed by atoms with Crippen LogP contribution in [0.2, 0.25) is 10.0 Å². The van der Waals surface area contributed by atoms with Gasteiger partial charge in [-0.2, -0.15) is 13.2 Å². The van der Waals surface area contributed by atoms with Crippen LogP contribution in [0.25, 0.3) is 0 Å². The molecule has 4 aromatic carbocycles. The molecule has 2 amide bonds. The summed E-state index contributed by atoms with van der Waals surface area (Å²) in [4.78, 5) is 25.9. The SMILES string of the molecule is COc1c(NC(=O)c2ccccc2)cccc1C(=O)Nc1c(Cl)cc(C(O)(c2ccc(C)cc2)C(F)(F)F)cc1Cl. The fourth-order valence-electron chi connectivity index (χ4n) is 4.19. The first-order valence-electron chi connectivity index (χ1n) is 12.1. The number of alkyl halides is 3. The van der Waals surface area contributed by atoms with Gasteiger partial charge >= 0.3 is 6.18 Å². The number of methoxy groups -OCH3 is 1. The van der Waals surface area contributed by atoms with Crippen molar-refractivity contribution in [2.75, 3.05) is 17.7 Å². The molecule has 0 radical (unpaired) electrons. The number of anilines is 2. The van der Waals surface area contributed by atoms with E-state index in [1.807, 2.05) is 0 Å². The minimum absolute atomic E-state index is 0.0129. The molecule has 0 aliphatic carbocycles. The van der Waals surface area contributed by atoms with Gasteiger partial charge in [0, 0.05) is 11.1 Å². The van der Waals surface area contributed by atoms with E-state index in [0.717, 1.165) is 24.3 Å². The predicted octanol–water partition coefficient (Wildman–Crippen LogP) is 7.61. The lowest BCUT2D eigenvalue weighted by molar-refractivity contribution is -0.248. The Labute approximate surface area is 243 Å². The number of aryl methyl sites for hydroxylation is 1. The summed E-state index contributed by atoms with van der Waals surface area (Å²) in [5, 5.41) is 15.4. The monoisotopic (exact) mass is 602 g/mol. The highest BCUT2D eigenvalue weighted by Crippen LogP contribution is 2.47. The zero-order valence-corrected chi connectivity index (χ0v) is 23.2. The van der Waals surface area contributed by atoms with Crippen LogP contribution in [0, 0.1) is 6.92 Å². The van der Waals surface area contributed by atoms with E-state index in [9.17, 15) is 27.9 Å². The second-order valence-corrected chi connectivity index (χ2v) is 9.86. The fraction of sp³-hybridized carbons (Fsp3) is 0.133. The first-order valence-corrected chi connectivity index (χ1v) is 12.8. The number of para-hydroxylation sites is 1. The van der Waals surface area contributed by atoms with E-state index < -0.39 is 34.7 Å². The number of hydrogen-bond donors (Lipinski definition) is 3. The summed E-state index contributed by atoms with van der Waals surface area (Å²) in [5.41, 5.74) is -3.40. The van der Waals surface area contributed by atoms with Crippen molar-refractivity contribution in [1.29, 1.82) is 0 Å². The molecule has 1 unspecified atom stereocenters. The molecule has 0 aromatic heterocycles. The summed E-state index contributed by atoms with van der Waals surface area (Å²) in [5.74, 6) is -1.17. The Balaban J connectivity index is 1.67. The van der Waals surface area contributed by atoms with Crippen molar-refractivity contribution in [3.05, 3.63) is 123 Å². The van der Waals surface area contributed by atoms with Crippen LogP contribution in [0.5, 0.6) is 5.75 Å². The molecule has 0 saturated heterocycles.